The lowest BCUT2D eigenvalue weighted by molar-refractivity contribution is -0.0918. The Kier molecular flexibility index (Phi) is 2.60. The van der Waals surface area contributed by atoms with Crippen LogP contribution in [0.2, 0.25) is 0 Å². The Morgan fingerprint density at radius 1 is 1.31 bits per heavy atom. The van der Waals surface area contributed by atoms with E-state index >= 15 is 0 Å². The molecule has 0 aromatic rings. The quantitative estimate of drug-likeness (QED) is 0.539. The molecule has 16 heavy (non-hydrogen) atoms. The highest BCUT2D eigenvalue weighted by molar-refractivity contribution is 5.09. The van der Waals surface area contributed by atoms with Crippen LogP contribution < -0.4 is 0 Å². The third-order valence-electron chi connectivity index (χ3n) is 4.51. The molecule has 4 unspecified atom stereocenters. The van der Waals surface area contributed by atoms with E-state index in [-0.39, 0.29) is 5.60 Å². The minimum atomic E-state index is 0.0139. The molecule has 1 saturated carbocycles. The van der Waals surface area contributed by atoms with Crippen molar-refractivity contribution in [2.45, 2.75) is 44.8 Å². The van der Waals surface area contributed by atoms with Crippen LogP contribution in [-0.2, 0) is 9.47 Å². The Morgan fingerprint density at radius 2 is 2.12 bits per heavy atom. The van der Waals surface area contributed by atoms with Crippen LogP contribution in [0.15, 0.2) is 12.2 Å². The summed E-state index contributed by atoms with van der Waals surface area (Å²) >= 11 is 0. The van der Waals surface area contributed by atoms with Gasteiger partial charge >= 0.3 is 0 Å². The Balaban J connectivity index is 1.63. The highest BCUT2D eigenvalue weighted by Crippen LogP contribution is 2.46. The smallest absolute Gasteiger partial charge is 0.104 e. The van der Waals surface area contributed by atoms with Crippen LogP contribution in [0.4, 0.5) is 0 Å². The van der Waals surface area contributed by atoms with Crippen molar-refractivity contribution in [1.29, 1.82) is 0 Å². The second-order valence-electron chi connectivity index (χ2n) is 6.10. The largest absolute Gasteiger partial charge is 0.372 e. The molecule has 1 aliphatic heterocycles. The molecule has 0 aromatic carbocycles. The van der Waals surface area contributed by atoms with Crippen LogP contribution in [-0.4, -0.2) is 24.9 Å². The SMILES string of the molecule is CC(C)(OCC1CO1)C1CC2C=CC1CC2. The van der Waals surface area contributed by atoms with Crippen molar-refractivity contribution in [2.75, 3.05) is 13.2 Å². The molecule has 0 aromatic heterocycles. The van der Waals surface area contributed by atoms with E-state index in [9.17, 15) is 0 Å². The molecule has 3 aliphatic carbocycles. The van der Waals surface area contributed by atoms with Gasteiger partial charge < -0.3 is 9.47 Å². The van der Waals surface area contributed by atoms with Gasteiger partial charge in [-0.15, -0.1) is 0 Å². The molecule has 2 nitrogen and oxygen atoms in total. The van der Waals surface area contributed by atoms with Gasteiger partial charge in [0.1, 0.15) is 6.10 Å². The summed E-state index contributed by atoms with van der Waals surface area (Å²) in [4.78, 5) is 0. The summed E-state index contributed by atoms with van der Waals surface area (Å²) in [5, 5.41) is 0. The molecule has 1 saturated heterocycles. The minimum absolute atomic E-state index is 0.0139. The molecule has 2 heteroatoms. The molecule has 2 fully saturated rings. The standard InChI is InChI=1S/C14H22O2/c1-14(2,16-9-12-8-15-12)13-7-10-3-5-11(13)6-4-10/h3,5,10-13H,4,6-9H2,1-2H3. The van der Waals surface area contributed by atoms with Gasteiger partial charge in [-0.25, -0.2) is 0 Å². The van der Waals surface area contributed by atoms with E-state index in [2.05, 4.69) is 26.0 Å². The normalized spacial score (nSPS) is 41.4. The van der Waals surface area contributed by atoms with Crippen molar-refractivity contribution < 1.29 is 9.47 Å². The predicted octanol–water partition coefficient (Wildman–Crippen LogP) is 2.78. The van der Waals surface area contributed by atoms with E-state index in [0.717, 1.165) is 25.0 Å². The highest BCUT2D eigenvalue weighted by atomic mass is 16.6. The Morgan fingerprint density at radius 3 is 2.62 bits per heavy atom. The summed E-state index contributed by atoms with van der Waals surface area (Å²) in [5.74, 6) is 2.27. The average molecular weight is 222 g/mol. The minimum Gasteiger partial charge on any atom is -0.372 e. The third-order valence-corrected chi connectivity index (χ3v) is 4.51. The van der Waals surface area contributed by atoms with E-state index in [1.54, 1.807) is 0 Å². The molecule has 4 rings (SSSR count). The van der Waals surface area contributed by atoms with E-state index < -0.39 is 0 Å². The molecule has 90 valence electrons. The first-order valence-electron chi connectivity index (χ1n) is 6.59. The van der Waals surface area contributed by atoms with Crippen LogP contribution in [0.3, 0.4) is 0 Å². The Hall–Kier alpha value is -0.340. The lowest BCUT2D eigenvalue weighted by Gasteiger charge is -2.46. The molecule has 0 radical (unpaired) electrons. The van der Waals surface area contributed by atoms with Gasteiger partial charge in [0.05, 0.1) is 18.8 Å². The number of ether oxygens (including phenoxy) is 2. The molecular formula is C14H22O2. The molecule has 0 N–H and O–H groups in total. The van der Waals surface area contributed by atoms with Gasteiger partial charge in [-0.3, -0.25) is 0 Å². The van der Waals surface area contributed by atoms with E-state index in [0.29, 0.717) is 12.0 Å². The number of hydrogen-bond acceptors (Lipinski definition) is 2. The van der Waals surface area contributed by atoms with Gasteiger partial charge in [0.15, 0.2) is 0 Å². The molecular weight excluding hydrogens is 200 g/mol. The summed E-state index contributed by atoms with van der Waals surface area (Å²) in [6, 6.07) is 0. The lowest BCUT2D eigenvalue weighted by Crippen LogP contribution is -2.44. The van der Waals surface area contributed by atoms with E-state index in [4.69, 9.17) is 9.47 Å². The summed E-state index contributed by atoms with van der Waals surface area (Å²) in [6.45, 7) is 6.19. The Bertz CT molecular complexity index is 291. The number of rotatable bonds is 4. The zero-order chi connectivity index (χ0) is 11.2. The summed E-state index contributed by atoms with van der Waals surface area (Å²) in [5.41, 5.74) is 0.0139. The molecule has 1 heterocycles. The van der Waals surface area contributed by atoms with Crippen molar-refractivity contribution in [2.24, 2.45) is 17.8 Å². The number of allylic oxidation sites excluding steroid dienone is 2. The van der Waals surface area contributed by atoms with Crippen LogP contribution in [0.25, 0.3) is 0 Å². The topological polar surface area (TPSA) is 21.8 Å². The number of hydrogen-bond donors (Lipinski definition) is 0. The van der Waals surface area contributed by atoms with Gasteiger partial charge in [0, 0.05) is 0 Å². The van der Waals surface area contributed by atoms with Gasteiger partial charge in [-0.2, -0.15) is 0 Å². The summed E-state index contributed by atoms with van der Waals surface area (Å²) < 4.78 is 11.3. The highest BCUT2D eigenvalue weighted by Gasteiger charge is 2.42. The maximum Gasteiger partial charge on any atom is 0.104 e. The fourth-order valence-corrected chi connectivity index (χ4v) is 3.31. The van der Waals surface area contributed by atoms with Crippen molar-refractivity contribution >= 4 is 0 Å². The maximum absolute atomic E-state index is 6.09. The van der Waals surface area contributed by atoms with Crippen LogP contribution in [0.1, 0.15) is 33.1 Å². The van der Waals surface area contributed by atoms with Gasteiger partial charge in [-0.05, 0) is 50.9 Å². The average Bonchev–Trinajstić information content (AvgIpc) is 3.12. The molecule has 4 aliphatic rings. The fourth-order valence-electron chi connectivity index (χ4n) is 3.31. The van der Waals surface area contributed by atoms with Crippen LogP contribution in [0, 0.1) is 17.8 Å². The second-order valence-corrected chi connectivity index (χ2v) is 6.10. The summed E-state index contributed by atoms with van der Waals surface area (Å²) in [6.07, 6.45) is 9.30. The zero-order valence-electron chi connectivity index (χ0n) is 10.3. The first kappa shape index (κ1) is 10.8. The Labute approximate surface area is 98.0 Å². The first-order valence-corrected chi connectivity index (χ1v) is 6.59. The van der Waals surface area contributed by atoms with Gasteiger partial charge in [0.2, 0.25) is 0 Å². The van der Waals surface area contributed by atoms with Crippen LogP contribution >= 0.6 is 0 Å². The predicted molar refractivity (Wildman–Crippen MR) is 63.2 cm³/mol. The molecule has 0 spiro atoms. The molecule has 0 amide bonds. The first-order chi connectivity index (χ1) is 7.65. The fraction of sp³-hybridized carbons (Fsp3) is 0.857. The van der Waals surface area contributed by atoms with Crippen LogP contribution in [0.5, 0.6) is 0 Å². The molecule has 4 atom stereocenters. The van der Waals surface area contributed by atoms with Crippen molar-refractivity contribution in [3.8, 4) is 0 Å². The van der Waals surface area contributed by atoms with Gasteiger partial charge in [0.25, 0.3) is 0 Å². The number of epoxide rings is 1. The maximum atomic E-state index is 6.09. The van der Waals surface area contributed by atoms with Crippen molar-refractivity contribution in [3.63, 3.8) is 0 Å². The number of fused-ring (bicyclic) bond motifs is 2. The van der Waals surface area contributed by atoms with Gasteiger partial charge in [-0.1, -0.05) is 12.2 Å². The van der Waals surface area contributed by atoms with E-state index in [1.165, 1.54) is 19.3 Å². The van der Waals surface area contributed by atoms with Crippen molar-refractivity contribution in [3.05, 3.63) is 12.2 Å². The second kappa shape index (κ2) is 3.85. The molecule has 2 bridgehead atoms. The van der Waals surface area contributed by atoms with Crippen molar-refractivity contribution in [1.82, 2.24) is 0 Å². The zero-order valence-corrected chi connectivity index (χ0v) is 10.3. The summed E-state index contributed by atoms with van der Waals surface area (Å²) in [7, 11) is 0. The third kappa shape index (κ3) is 2.05. The lowest BCUT2D eigenvalue weighted by atomic mass is 9.64. The van der Waals surface area contributed by atoms with E-state index in [1.807, 2.05) is 0 Å². The monoisotopic (exact) mass is 222 g/mol.